The van der Waals surface area contributed by atoms with Crippen LogP contribution in [0.1, 0.15) is 36.4 Å². The van der Waals surface area contributed by atoms with Crippen LogP contribution in [0.4, 0.5) is 15.8 Å². The number of amides is 1. The summed E-state index contributed by atoms with van der Waals surface area (Å²) in [5.41, 5.74) is 6.48. The predicted molar refractivity (Wildman–Crippen MR) is 156 cm³/mol. The molecular weight excluding hydrogens is 491 g/mol. The van der Waals surface area contributed by atoms with Crippen molar-refractivity contribution in [2.24, 2.45) is 11.0 Å². The predicted octanol–water partition coefficient (Wildman–Crippen LogP) is 6.16. The Kier molecular flexibility index (Phi) is 7.68. The van der Waals surface area contributed by atoms with Crippen LogP contribution in [0.5, 0.6) is 5.75 Å². The van der Waals surface area contributed by atoms with Crippen molar-refractivity contribution in [2.45, 2.75) is 25.3 Å². The second-order valence-electron chi connectivity index (χ2n) is 10.5. The van der Waals surface area contributed by atoms with Gasteiger partial charge in [-0.05, 0) is 78.4 Å². The number of carbonyl (C=O) groups excluding carboxylic acids is 1. The Morgan fingerprint density at radius 1 is 0.974 bits per heavy atom. The number of rotatable bonds is 7. The molecule has 1 amide bonds. The summed E-state index contributed by atoms with van der Waals surface area (Å²) < 4.78 is 19.7. The Labute approximate surface area is 230 Å². The summed E-state index contributed by atoms with van der Waals surface area (Å²) in [7, 11) is 8.06. The normalized spacial score (nSPS) is 19.5. The maximum atomic E-state index is 14.1. The molecule has 39 heavy (non-hydrogen) atoms. The molecule has 1 heterocycles. The van der Waals surface area contributed by atoms with E-state index in [2.05, 4.69) is 64.4 Å². The van der Waals surface area contributed by atoms with Gasteiger partial charge in [-0.15, -0.1) is 0 Å². The number of allylic oxidation sites excluding steroid dienone is 1. The molecule has 2 aliphatic rings. The average molecular weight is 527 g/mol. The average Bonchev–Trinajstić information content (AvgIpc) is 3.33. The third-order valence-corrected chi connectivity index (χ3v) is 7.45. The first-order chi connectivity index (χ1) is 18.8. The molecule has 0 radical (unpaired) electrons. The molecule has 1 fully saturated rings. The van der Waals surface area contributed by atoms with E-state index < -0.39 is 5.82 Å². The highest BCUT2D eigenvalue weighted by Gasteiger charge is 2.43. The van der Waals surface area contributed by atoms with Gasteiger partial charge in [0.05, 0.1) is 11.8 Å². The van der Waals surface area contributed by atoms with E-state index in [0.29, 0.717) is 0 Å². The summed E-state index contributed by atoms with van der Waals surface area (Å²) in [5, 5.41) is 6.49. The topological polar surface area (TPSA) is 48.4 Å². The van der Waals surface area contributed by atoms with E-state index in [9.17, 15) is 9.18 Å². The summed E-state index contributed by atoms with van der Waals surface area (Å²) in [5.74, 6) is -0.651. The van der Waals surface area contributed by atoms with Gasteiger partial charge in [0.2, 0.25) is 0 Å². The SMILES string of the molecule is CN(C)c1ccc(/C=C2/CCC[C@@H]3C2=NN(C(=O)COc2ccccc2F)[C@H]3c2ccc(N(C)C)cc2)cc1. The van der Waals surface area contributed by atoms with Gasteiger partial charge < -0.3 is 14.5 Å². The van der Waals surface area contributed by atoms with Crippen molar-refractivity contribution in [3.8, 4) is 5.75 Å². The molecule has 0 N–H and O–H groups in total. The van der Waals surface area contributed by atoms with Crippen molar-refractivity contribution in [1.82, 2.24) is 5.01 Å². The molecule has 0 bridgehead atoms. The molecule has 1 saturated carbocycles. The molecule has 7 heteroatoms. The highest BCUT2D eigenvalue weighted by Crippen LogP contribution is 2.44. The van der Waals surface area contributed by atoms with Crippen molar-refractivity contribution in [2.75, 3.05) is 44.6 Å². The zero-order chi connectivity index (χ0) is 27.5. The number of carbonyl (C=O) groups is 1. The van der Waals surface area contributed by atoms with Gasteiger partial charge in [0.25, 0.3) is 5.91 Å². The summed E-state index contributed by atoms with van der Waals surface area (Å²) >= 11 is 0. The molecule has 0 saturated heterocycles. The lowest BCUT2D eigenvalue weighted by Gasteiger charge is -2.30. The Bertz CT molecular complexity index is 1380. The van der Waals surface area contributed by atoms with Gasteiger partial charge in [-0.1, -0.05) is 36.4 Å². The molecule has 3 aromatic carbocycles. The lowest BCUT2D eigenvalue weighted by Crippen LogP contribution is -2.34. The van der Waals surface area contributed by atoms with Gasteiger partial charge in [0.15, 0.2) is 18.2 Å². The van der Waals surface area contributed by atoms with Crippen LogP contribution in [0.3, 0.4) is 0 Å². The van der Waals surface area contributed by atoms with E-state index in [1.165, 1.54) is 12.1 Å². The second-order valence-corrected chi connectivity index (χ2v) is 10.5. The third kappa shape index (κ3) is 5.67. The summed E-state index contributed by atoms with van der Waals surface area (Å²) in [6.45, 7) is -0.290. The monoisotopic (exact) mass is 526 g/mol. The summed E-state index contributed by atoms with van der Waals surface area (Å²) in [4.78, 5) is 17.7. The maximum Gasteiger partial charge on any atom is 0.281 e. The zero-order valence-electron chi connectivity index (χ0n) is 23.0. The smallest absolute Gasteiger partial charge is 0.281 e. The number of hydrazone groups is 1. The number of halogens is 1. The van der Waals surface area contributed by atoms with E-state index in [1.807, 2.05) is 28.2 Å². The molecule has 5 rings (SSSR count). The molecular formula is C32H35FN4O2. The van der Waals surface area contributed by atoms with Crippen LogP contribution in [-0.2, 0) is 4.79 Å². The maximum absolute atomic E-state index is 14.1. The molecule has 6 nitrogen and oxygen atoms in total. The first-order valence-corrected chi connectivity index (χ1v) is 13.4. The zero-order valence-corrected chi connectivity index (χ0v) is 23.0. The van der Waals surface area contributed by atoms with Crippen LogP contribution in [0.2, 0.25) is 0 Å². The lowest BCUT2D eigenvalue weighted by molar-refractivity contribution is -0.135. The van der Waals surface area contributed by atoms with Crippen LogP contribution in [-0.4, -0.2) is 51.4 Å². The summed E-state index contributed by atoms with van der Waals surface area (Å²) in [6, 6.07) is 22.6. The van der Waals surface area contributed by atoms with Crippen molar-refractivity contribution in [3.05, 3.63) is 95.3 Å². The van der Waals surface area contributed by atoms with Gasteiger partial charge in [0, 0.05) is 45.5 Å². The van der Waals surface area contributed by atoms with E-state index in [4.69, 9.17) is 9.84 Å². The molecule has 0 unspecified atom stereocenters. The minimum absolute atomic E-state index is 0.0590. The quantitative estimate of drug-likeness (QED) is 0.370. The van der Waals surface area contributed by atoms with Crippen LogP contribution in [0.25, 0.3) is 6.08 Å². The molecule has 2 atom stereocenters. The van der Waals surface area contributed by atoms with Crippen molar-refractivity contribution in [1.29, 1.82) is 0 Å². The lowest BCUT2D eigenvalue weighted by atomic mass is 9.77. The van der Waals surface area contributed by atoms with Gasteiger partial charge in [-0.25, -0.2) is 9.40 Å². The molecule has 1 aliphatic heterocycles. The molecule has 3 aromatic rings. The van der Waals surface area contributed by atoms with Crippen molar-refractivity contribution in [3.63, 3.8) is 0 Å². The van der Waals surface area contributed by atoms with Gasteiger partial charge >= 0.3 is 0 Å². The third-order valence-electron chi connectivity index (χ3n) is 7.45. The minimum atomic E-state index is -0.493. The number of anilines is 2. The first-order valence-electron chi connectivity index (χ1n) is 13.4. The van der Waals surface area contributed by atoms with Crippen molar-refractivity contribution < 1.29 is 13.9 Å². The Balaban J connectivity index is 1.47. The number of para-hydroxylation sites is 1. The second kappa shape index (κ2) is 11.3. The fourth-order valence-corrected chi connectivity index (χ4v) is 5.35. The number of hydrogen-bond donors (Lipinski definition) is 0. The molecule has 0 aromatic heterocycles. The Hall–Kier alpha value is -4.13. The number of benzene rings is 3. The van der Waals surface area contributed by atoms with E-state index in [0.717, 1.165) is 53.0 Å². The minimum Gasteiger partial charge on any atom is -0.481 e. The van der Waals surface area contributed by atoms with Crippen LogP contribution in [0, 0.1) is 11.7 Å². The first kappa shape index (κ1) is 26.5. The van der Waals surface area contributed by atoms with Crippen LogP contribution >= 0.6 is 0 Å². The van der Waals surface area contributed by atoms with Gasteiger partial charge in [-0.2, -0.15) is 5.10 Å². The van der Waals surface area contributed by atoms with Crippen LogP contribution < -0.4 is 14.5 Å². The molecule has 1 aliphatic carbocycles. The van der Waals surface area contributed by atoms with Gasteiger partial charge in [0.1, 0.15) is 0 Å². The van der Waals surface area contributed by atoms with E-state index in [-0.39, 0.29) is 30.2 Å². The number of nitrogens with zero attached hydrogens (tertiary/aromatic N) is 4. The fourth-order valence-electron chi connectivity index (χ4n) is 5.35. The number of hydrogen-bond acceptors (Lipinski definition) is 5. The Morgan fingerprint density at radius 3 is 2.26 bits per heavy atom. The molecule has 0 spiro atoms. The highest BCUT2D eigenvalue weighted by atomic mass is 19.1. The largest absolute Gasteiger partial charge is 0.481 e. The fraction of sp³-hybridized carbons (Fsp3) is 0.312. The van der Waals surface area contributed by atoms with Crippen LogP contribution in [0.15, 0.2) is 83.5 Å². The van der Waals surface area contributed by atoms with E-state index >= 15 is 0 Å². The number of ether oxygens (including phenoxy) is 1. The van der Waals surface area contributed by atoms with Gasteiger partial charge in [-0.3, -0.25) is 4.79 Å². The standard InChI is InChI=1S/C32H35FN4O2/c1-35(2)25-16-12-22(13-17-25)20-24-8-7-9-27-31(24)34-37(30(38)21-39-29-11-6-5-10-28(29)33)32(27)23-14-18-26(19-15-23)36(3)4/h5-6,10-20,27,32H,7-9,21H2,1-4H3/b24-20-/t27-,32+/m1/s1. The summed E-state index contributed by atoms with van der Waals surface area (Å²) in [6.07, 6.45) is 5.06. The Morgan fingerprint density at radius 2 is 1.62 bits per heavy atom. The van der Waals surface area contributed by atoms with E-state index in [1.54, 1.807) is 17.1 Å². The highest BCUT2D eigenvalue weighted by molar-refractivity contribution is 6.08. The molecule has 202 valence electrons. The number of fused-ring (bicyclic) bond motifs is 1. The van der Waals surface area contributed by atoms with Crippen molar-refractivity contribution >= 4 is 29.1 Å².